The van der Waals surface area contributed by atoms with Crippen LogP contribution in [0.4, 0.5) is 13.2 Å². The van der Waals surface area contributed by atoms with E-state index in [0.717, 1.165) is 0 Å². The van der Waals surface area contributed by atoms with Gasteiger partial charge in [-0.05, 0) is 13.3 Å². The van der Waals surface area contributed by atoms with Crippen molar-refractivity contribution in [2.45, 2.75) is 32.9 Å². The molecule has 0 unspecified atom stereocenters. The second-order valence-corrected chi connectivity index (χ2v) is 2.87. The highest BCUT2D eigenvalue weighted by Gasteiger charge is 2.41. The van der Waals surface area contributed by atoms with Crippen LogP contribution in [0.3, 0.4) is 0 Å². The zero-order valence-electron chi connectivity index (χ0n) is 8.65. The zero-order valence-corrected chi connectivity index (χ0v) is 8.65. The van der Waals surface area contributed by atoms with Gasteiger partial charge in [-0.25, -0.2) is 4.79 Å². The molecule has 6 heteroatoms. The van der Waals surface area contributed by atoms with Crippen molar-refractivity contribution < 1.29 is 22.7 Å². The monoisotopic (exact) mass is 225 g/mol. The van der Waals surface area contributed by atoms with Crippen LogP contribution in [0.5, 0.6) is 0 Å². The summed E-state index contributed by atoms with van der Waals surface area (Å²) in [6.45, 7) is 2.99. The van der Waals surface area contributed by atoms with Gasteiger partial charge < -0.3 is 10.5 Å². The van der Waals surface area contributed by atoms with Gasteiger partial charge in [0.2, 0.25) is 0 Å². The van der Waals surface area contributed by atoms with Crippen molar-refractivity contribution in [1.82, 2.24) is 0 Å². The maximum absolute atomic E-state index is 12.4. The van der Waals surface area contributed by atoms with Gasteiger partial charge in [-0.15, -0.1) is 0 Å². The Hall–Kier alpha value is -1.20. The maximum Gasteiger partial charge on any atom is 0.425 e. The van der Waals surface area contributed by atoms with Crippen LogP contribution in [0.15, 0.2) is 11.3 Å². The zero-order chi connectivity index (χ0) is 12.1. The molecule has 0 aromatic rings. The van der Waals surface area contributed by atoms with Gasteiger partial charge in [-0.1, -0.05) is 13.3 Å². The number of alkyl halides is 3. The molecule has 0 aromatic heterocycles. The van der Waals surface area contributed by atoms with Gasteiger partial charge in [-0.2, -0.15) is 13.2 Å². The van der Waals surface area contributed by atoms with Gasteiger partial charge in [-0.3, -0.25) is 0 Å². The standard InChI is InChI=1S/C9H14F3NO2/c1-3-5-6(13)7(9(10,11)12)8(14)15-4-2/h3-5,13H2,1-2H3. The number of nitrogens with two attached hydrogens (primary N) is 1. The van der Waals surface area contributed by atoms with Crippen molar-refractivity contribution in [3.63, 3.8) is 0 Å². The fourth-order valence-electron chi connectivity index (χ4n) is 1.03. The summed E-state index contributed by atoms with van der Waals surface area (Å²) in [5.74, 6) is -1.41. The lowest BCUT2D eigenvalue weighted by Crippen LogP contribution is -2.26. The molecule has 2 N–H and O–H groups in total. The Morgan fingerprint density at radius 1 is 1.33 bits per heavy atom. The molecule has 0 atom stereocenters. The Morgan fingerprint density at radius 2 is 1.87 bits per heavy atom. The molecule has 88 valence electrons. The predicted octanol–water partition coefficient (Wildman–Crippen LogP) is 2.12. The summed E-state index contributed by atoms with van der Waals surface area (Å²) in [4.78, 5) is 11.0. The molecule has 0 saturated heterocycles. The van der Waals surface area contributed by atoms with E-state index in [1.807, 2.05) is 0 Å². The molecule has 0 bridgehead atoms. The number of hydrogen-bond donors (Lipinski definition) is 1. The molecule has 0 rings (SSSR count). The first-order chi connectivity index (χ1) is 6.84. The van der Waals surface area contributed by atoms with Crippen LogP contribution in [-0.4, -0.2) is 18.8 Å². The molecule has 0 saturated carbocycles. The number of esters is 1. The molecule has 0 fully saturated rings. The SMILES string of the molecule is CCCC(N)=C(C(=O)OCC)C(F)(F)F. The number of halogens is 3. The van der Waals surface area contributed by atoms with Crippen LogP contribution in [-0.2, 0) is 9.53 Å². The van der Waals surface area contributed by atoms with Gasteiger partial charge in [0.25, 0.3) is 0 Å². The predicted molar refractivity (Wildman–Crippen MR) is 48.8 cm³/mol. The van der Waals surface area contributed by atoms with E-state index in [9.17, 15) is 18.0 Å². The van der Waals surface area contributed by atoms with E-state index in [4.69, 9.17) is 5.73 Å². The lowest BCUT2D eigenvalue weighted by molar-refractivity contribution is -0.150. The second-order valence-electron chi connectivity index (χ2n) is 2.87. The molecular formula is C9H14F3NO2. The molecule has 0 aliphatic carbocycles. The van der Waals surface area contributed by atoms with Crippen molar-refractivity contribution in [3.05, 3.63) is 11.3 Å². The van der Waals surface area contributed by atoms with Crippen molar-refractivity contribution in [2.75, 3.05) is 6.61 Å². The van der Waals surface area contributed by atoms with E-state index in [2.05, 4.69) is 4.74 Å². The van der Waals surface area contributed by atoms with Crippen LogP contribution in [0.25, 0.3) is 0 Å². The Labute approximate surface area is 86.1 Å². The van der Waals surface area contributed by atoms with Gasteiger partial charge in [0.1, 0.15) is 0 Å². The number of rotatable bonds is 4. The summed E-state index contributed by atoms with van der Waals surface area (Å²) < 4.78 is 41.6. The van der Waals surface area contributed by atoms with E-state index in [1.165, 1.54) is 6.92 Å². The third-order valence-electron chi connectivity index (χ3n) is 1.60. The Kier molecular flexibility index (Phi) is 5.18. The summed E-state index contributed by atoms with van der Waals surface area (Å²) in [6, 6.07) is 0. The van der Waals surface area contributed by atoms with Gasteiger partial charge >= 0.3 is 12.1 Å². The average Bonchev–Trinajstić information content (AvgIpc) is 2.01. The fraction of sp³-hybridized carbons (Fsp3) is 0.667. The van der Waals surface area contributed by atoms with Crippen molar-refractivity contribution in [2.24, 2.45) is 5.73 Å². The van der Waals surface area contributed by atoms with E-state index >= 15 is 0 Å². The molecule has 0 heterocycles. The van der Waals surface area contributed by atoms with E-state index < -0.39 is 23.4 Å². The van der Waals surface area contributed by atoms with Crippen LogP contribution in [0.2, 0.25) is 0 Å². The highest BCUT2D eigenvalue weighted by Crippen LogP contribution is 2.29. The van der Waals surface area contributed by atoms with Gasteiger partial charge in [0.15, 0.2) is 5.57 Å². The first-order valence-electron chi connectivity index (χ1n) is 4.57. The van der Waals surface area contributed by atoms with E-state index in [1.54, 1.807) is 6.92 Å². The topological polar surface area (TPSA) is 52.3 Å². The second kappa shape index (κ2) is 5.63. The third-order valence-corrected chi connectivity index (χ3v) is 1.60. The lowest BCUT2D eigenvalue weighted by Gasteiger charge is -2.13. The molecule has 15 heavy (non-hydrogen) atoms. The Morgan fingerprint density at radius 3 is 2.20 bits per heavy atom. The van der Waals surface area contributed by atoms with E-state index in [-0.39, 0.29) is 13.0 Å². The summed E-state index contributed by atoms with van der Waals surface area (Å²) in [5.41, 5.74) is 3.35. The molecule has 0 aliphatic heterocycles. The molecule has 0 radical (unpaired) electrons. The minimum atomic E-state index is -4.76. The number of carbonyl (C=O) groups is 1. The summed E-state index contributed by atoms with van der Waals surface area (Å²) in [5, 5.41) is 0. The highest BCUT2D eigenvalue weighted by molar-refractivity contribution is 5.90. The first-order valence-corrected chi connectivity index (χ1v) is 4.57. The third kappa shape index (κ3) is 4.22. The smallest absolute Gasteiger partial charge is 0.425 e. The summed E-state index contributed by atoms with van der Waals surface area (Å²) >= 11 is 0. The summed E-state index contributed by atoms with van der Waals surface area (Å²) in [7, 11) is 0. The number of carbonyl (C=O) groups excluding carboxylic acids is 1. The Bertz CT molecular complexity index is 259. The largest absolute Gasteiger partial charge is 0.462 e. The maximum atomic E-state index is 12.4. The Balaban J connectivity index is 5.06. The van der Waals surface area contributed by atoms with Gasteiger partial charge in [0.05, 0.1) is 6.61 Å². The van der Waals surface area contributed by atoms with Crippen LogP contribution >= 0.6 is 0 Å². The quantitative estimate of drug-likeness (QED) is 0.589. The fourth-order valence-corrected chi connectivity index (χ4v) is 1.03. The molecule has 3 nitrogen and oxygen atoms in total. The first kappa shape index (κ1) is 13.8. The highest BCUT2D eigenvalue weighted by atomic mass is 19.4. The number of hydrogen-bond acceptors (Lipinski definition) is 3. The molecule has 0 amide bonds. The molecule has 0 spiro atoms. The van der Waals surface area contributed by atoms with Crippen LogP contribution < -0.4 is 5.73 Å². The summed E-state index contributed by atoms with van der Waals surface area (Å²) in [6.07, 6.45) is -4.30. The normalized spacial score (nSPS) is 13.4. The van der Waals surface area contributed by atoms with Crippen molar-refractivity contribution >= 4 is 5.97 Å². The molecular weight excluding hydrogens is 211 g/mol. The van der Waals surface area contributed by atoms with E-state index in [0.29, 0.717) is 6.42 Å². The molecule has 0 aromatic carbocycles. The molecule has 0 aliphatic rings. The van der Waals surface area contributed by atoms with Crippen molar-refractivity contribution in [3.8, 4) is 0 Å². The lowest BCUT2D eigenvalue weighted by atomic mass is 10.1. The average molecular weight is 225 g/mol. The number of ether oxygens (including phenoxy) is 1. The minimum absolute atomic E-state index is 0.0215. The number of allylic oxidation sites excluding steroid dienone is 1. The van der Waals surface area contributed by atoms with Gasteiger partial charge in [0, 0.05) is 5.70 Å². The van der Waals surface area contributed by atoms with Crippen LogP contribution in [0.1, 0.15) is 26.7 Å². The van der Waals surface area contributed by atoms with Crippen LogP contribution in [0, 0.1) is 0 Å². The van der Waals surface area contributed by atoms with Crippen molar-refractivity contribution in [1.29, 1.82) is 0 Å². The minimum Gasteiger partial charge on any atom is -0.462 e.